The number of hydrogen-bond donors (Lipinski definition) is 3. The van der Waals surface area contributed by atoms with Gasteiger partial charge in [-0.05, 0) is 44.0 Å². The lowest BCUT2D eigenvalue weighted by Gasteiger charge is -2.20. The fraction of sp³-hybridized carbons (Fsp3) is 0.526. The monoisotopic (exact) mass is 363 g/mol. The van der Waals surface area contributed by atoms with Crippen molar-refractivity contribution in [2.45, 2.75) is 40.2 Å². The minimum Gasteiger partial charge on any atom is -0.480 e. The number of anilines is 1. The molecule has 2 atom stereocenters. The number of carboxylic acid groups (broad SMARTS) is 1. The normalized spacial score (nSPS) is 12.9. The zero-order chi connectivity index (χ0) is 19.7. The highest BCUT2D eigenvalue weighted by atomic mass is 16.4. The van der Waals surface area contributed by atoms with E-state index < -0.39 is 12.0 Å². The van der Waals surface area contributed by atoms with E-state index in [0.717, 1.165) is 0 Å². The summed E-state index contributed by atoms with van der Waals surface area (Å²) in [6, 6.07) is 5.90. The van der Waals surface area contributed by atoms with Crippen LogP contribution in [-0.4, -0.2) is 53.5 Å². The van der Waals surface area contributed by atoms with Crippen LogP contribution >= 0.6 is 0 Å². The molecule has 144 valence electrons. The number of rotatable bonds is 10. The van der Waals surface area contributed by atoms with E-state index in [1.54, 1.807) is 29.2 Å². The lowest BCUT2D eigenvalue weighted by Crippen LogP contribution is -2.45. The van der Waals surface area contributed by atoms with Gasteiger partial charge < -0.3 is 15.3 Å². The molecule has 26 heavy (non-hydrogen) atoms. The van der Waals surface area contributed by atoms with Crippen molar-refractivity contribution >= 4 is 23.5 Å². The van der Waals surface area contributed by atoms with Crippen molar-refractivity contribution in [3.05, 3.63) is 29.8 Å². The molecule has 0 radical (unpaired) electrons. The molecule has 3 N–H and O–H groups in total. The second-order valence-corrected chi connectivity index (χ2v) is 6.19. The lowest BCUT2D eigenvalue weighted by atomic mass is 9.99. The van der Waals surface area contributed by atoms with Gasteiger partial charge in [-0.2, -0.15) is 0 Å². The summed E-state index contributed by atoms with van der Waals surface area (Å²) in [6.07, 6.45) is 0.702. The first-order valence-corrected chi connectivity index (χ1v) is 8.99. The Morgan fingerprint density at radius 1 is 1.08 bits per heavy atom. The Kier molecular flexibility index (Phi) is 8.78. The topological polar surface area (TPSA) is 98.7 Å². The molecule has 1 aromatic carbocycles. The molecule has 0 unspecified atom stereocenters. The molecule has 2 amide bonds. The Hall–Kier alpha value is -2.41. The van der Waals surface area contributed by atoms with Crippen molar-refractivity contribution in [1.82, 2.24) is 10.2 Å². The van der Waals surface area contributed by atoms with E-state index in [1.165, 1.54) is 0 Å². The molecule has 0 saturated heterocycles. The SMILES string of the molecule is CC[C@H](C)[C@H](NCC(=O)Nc1ccc(C(=O)N(CC)CC)cc1)C(=O)O. The van der Waals surface area contributed by atoms with Crippen molar-refractivity contribution in [1.29, 1.82) is 0 Å². The summed E-state index contributed by atoms with van der Waals surface area (Å²) in [5.74, 6) is -1.42. The van der Waals surface area contributed by atoms with Gasteiger partial charge in [-0.3, -0.25) is 19.7 Å². The number of carboxylic acids is 1. The minimum absolute atomic E-state index is 0.0487. The first-order valence-electron chi connectivity index (χ1n) is 8.99. The van der Waals surface area contributed by atoms with Crippen LogP contribution in [0.5, 0.6) is 0 Å². The Bertz CT molecular complexity index is 612. The molecule has 0 aliphatic rings. The van der Waals surface area contributed by atoms with E-state index >= 15 is 0 Å². The maximum absolute atomic E-state index is 12.2. The molecule has 0 aliphatic heterocycles. The average molecular weight is 363 g/mol. The smallest absolute Gasteiger partial charge is 0.320 e. The van der Waals surface area contributed by atoms with E-state index in [9.17, 15) is 19.5 Å². The maximum Gasteiger partial charge on any atom is 0.320 e. The third-order valence-electron chi connectivity index (χ3n) is 4.43. The Balaban J connectivity index is 2.62. The Morgan fingerprint density at radius 2 is 1.65 bits per heavy atom. The number of carbonyl (C=O) groups is 3. The largest absolute Gasteiger partial charge is 0.480 e. The van der Waals surface area contributed by atoms with Gasteiger partial charge in [0.05, 0.1) is 6.54 Å². The number of amides is 2. The van der Waals surface area contributed by atoms with Crippen molar-refractivity contribution in [2.24, 2.45) is 5.92 Å². The van der Waals surface area contributed by atoms with Crippen LogP contribution in [0.4, 0.5) is 5.69 Å². The molecule has 1 rings (SSSR count). The van der Waals surface area contributed by atoms with Gasteiger partial charge in [0.25, 0.3) is 5.91 Å². The van der Waals surface area contributed by atoms with Gasteiger partial charge in [-0.25, -0.2) is 0 Å². The molecule has 1 aromatic rings. The predicted octanol–water partition coefficient (Wildman–Crippen LogP) is 2.20. The lowest BCUT2D eigenvalue weighted by molar-refractivity contribution is -0.140. The molecule has 0 fully saturated rings. The zero-order valence-corrected chi connectivity index (χ0v) is 15.9. The summed E-state index contributed by atoms with van der Waals surface area (Å²) < 4.78 is 0. The van der Waals surface area contributed by atoms with Crippen LogP contribution in [0.3, 0.4) is 0 Å². The fourth-order valence-corrected chi connectivity index (χ4v) is 2.56. The second kappa shape index (κ2) is 10.6. The van der Waals surface area contributed by atoms with Crippen LogP contribution in [-0.2, 0) is 9.59 Å². The highest BCUT2D eigenvalue weighted by Gasteiger charge is 2.23. The zero-order valence-electron chi connectivity index (χ0n) is 15.9. The van der Waals surface area contributed by atoms with Crippen LogP contribution in [0.2, 0.25) is 0 Å². The molecule has 0 heterocycles. The van der Waals surface area contributed by atoms with Gasteiger partial charge in [0, 0.05) is 24.3 Å². The van der Waals surface area contributed by atoms with Crippen LogP contribution in [0.15, 0.2) is 24.3 Å². The third kappa shape index (κ3) is 6.15. The quantitative estimate of drug-likeness (QED) is 0.592. The highest BCUT2D eigenvalue weighted by Crippen LogP contribution is 2.12. The summed E-state index contributed by atoms with van der Waals surface area (Å²) >= 11 is 0. The fourth-order valence-electron chi connectivity index (χ4n) is 2.56. The van der Waals surface area contributed by atoms with Crippen LogP contribution in [0.25, 0.3) is 0 Å². The summed E-state index contributed by atoms with van der Waals surface area (Å²) in [5, 5.41) is 14.7. The van der Waals surface area contributed by atoms with E-state index in [-0.39, 0.29) is 24.3 Å². The number of nitrogens with zero attached hydrogens (tertiary/aromatic N) is 1. The summed E-state index contributed by atoms with van der Waals surface area (Å²) in [6.45, 7) is 8.76. The number of aliphatic carboxylic acids is 1. The molecule has 0 aromatic heterocycles. The summed E-state index contributed by atoms with van der Waals surface area (Å²) in [4.78, 5) is 37.2. The molecule has 7 heteroatoms. The van der Waals surface area contributed by atoms with Crippen molar-refractivity contribution in [3.63, 3.8) is 0 Å². The second-order valence-electron chi connectivity index (χ2n) is 6.19. The van der Waals surface area contributed by atoms with Gasteiger partial charge in [-0.1, -0.05) is 20.3 Å². The Morgan fingerprint density at radius 3 is 2.12 bits per heavy atom. The van der Waals surface area contributed by atoms with Gasteiger partial charge in [0.2, 0.25) is 5.91 Å². The minimum atomic E-state index is -0.966. The van der Waals surface area contributed by atoms with Crippen LogP contribution in [0, 0.1) is 5.92 Å². The first kappa shape index (κ1) is 21.6. The van der Waals surface area contributed by atoms with Crippen molar-refractivity contribution < 1.29 is 19.5 Å². The van der Waals surface area contributed by atoms with E-state index in [4.69, 9.17) is 0 Å². The van der Waals surface area contributed by atoms with Crippen LogP contribution < -0.4 is 10.6 Å². The molecule has 0 aliphatic carbocycles. The molecular weight excluding hydrogens is 334 g/mol. The number of nitrogens with one attached hydrogen (secondary N) is 2. The summed E-state index contributed by atoms with van der Waals surface area (Å²) in [7, 11) is 0. The molecular formula is C19H29N3O4. The van der Waals surface area contributed by atoms with Gasteiger partial charge in [0.1, 0.15) is 6.04 Å². The van der Waals surface area contributed by atoms with Gasteiger partial charge >= 0.3 is 5.97 Å². The highest BCUT2D eigenvalue weighted by molar-refractivity contribution is 5.96. The number of carbonyl (C=O) groups excluding carboxylic acids is 2. The number of hydrogen-bond acceptors (Lipinski definition) is 4. The van der Waals surface area contributed by atoms with Gasteiger partial charge in [-0.15, -0.1) is 0 Å². The van der Waals surface area contributed by atoms with Crippen molar-refractivity contribution in [2.75, 3.05) is 25.0 Å². The van der Waals surface area contributed by atoms with E-state index in [0.29, 0.717) is 30.8 Å². The maximum atomic E-state index is 12.2. The average Bonchev–Trinajstić information content (AvgIpc) is 2.62. The molecule has 0 spiro atoms. The van der Waals surface area contributed by atoms with Crippen molar-refractivity contribution in [3.8, 4) is 0 Å². The molecule has 0 bridgehead atoms. The predicted molar refractivity (Wildman–Crippen MR) is 101 cm³/mol. The Labute approximate surface area is 154 Å². The first-order chi connectivity index (χ1) is 12.3. The molecule has 7 nitrogen and oxygen atoms in total. The standard InChI is InChI=1S/C19H29N3O4/c1-5-13(4)17(19(25)26)20-12-16(23)21-15-10-8-14(9-11-15)18(24)22(6-2)7-3/h8-11,13,17,20H,5-7,12H2,1-4H3,(H,21,23)(H,25,26)/t13-,17-/m0/s1. The van der Waals surface area contributed by atoms with E-state index in [1.807, 2.05) is 27.7 Å². The summed E-state index contributed by atoms with van der Waals surface area (Å²) in [5.41, 5.74) is 1.12. The van der Waals surface area contributed by atoms with Crippen LogP contribution in [0.1, 0.15) is 44.5 Å². The number of benzene rings is 1. The third-order valence-corrected chi connectivity index (χ3v) is 4.43. The van der Waals surface area contributed by atoms with E-state index in [2.05, 4.69) is 10.6 Å². The van der Waals surface area contributed by atoms with Gasteiger partial charge in [0.15, 0.2) is 0 Å². The molecule has 0 saturated carbocycles.